The number of nitrogens with one attached hydrogen (secondary N) is 3. The van der Waals surface area contributed by atoms with Gasteiger partial charge in [0.2, 0.25) is 0 Å². The number of aromatic amines is 1. The van der Waals surface area contributed by atoms with Gasteiger partial charge in [-0.15, -0.1) is 11.3 Å². The fourth-order valence-corrected chi connectivity index (χ4v) is 6.00. The molecule has 1 aromatic carbocycles. The van der Waals surface area contributed by atoms with Crippen molar-refractivity contribution in [2.75, 3.05) is 44.6 Å². The number of nitrogens with zero attached hydrogens (tertiary/aromatic N) is 4. The smallest absolute Gasteiger partial charge is 0.317 e. The molecule has 0 spiro atoms. The Morgan fingerprint density at radius 3 is 2.78 bits per heavy atom. The fraction of sp³-hybridized carbons (Fsp3) is 0.393. The monoisotopic (exact) mass is 515 g/mol. The summed E-state index contributed by atoms with van der Waals surface area (Å²) in [5.41, 5.74) is 8.08. The normalized spacial score (nSPS) is 17.1. The van der Waals surface area contributed by atoms with Crippen molar-refractivity contribution in [2.45, 2.75) is 32.1 Å². The number of anilines is 2. The molecule has 0 bridgehead atoms. The van der Waals surface area contributed by atoms with Crippen molar-refractivity contribution < 1.29 is 4.79 Å². The first-order valence-electron chi connectivity index (χ1n) is 13.3. The lowest BCUT2D eigenvalue weighted by Gasteiger charge is -2.27. The molecule has 0 unspecified atom stereocenters. The van der Waals surface area contributed by atoms with Crippen LogP contribution in [0.3, 0.4) is 0 Å². The van der Waals surface area contributed by atoms with E-state index in [1.807, 2.05) is 28.7 Å². The van der Waals surface area contributed by atoms with Crippen molar-refractivity contribution in [1.82, 2.24) is 30.1 Å². The molecule has 4 aromatic rings. The maximum Gasteiger partial charge on any atom is 0.317 e. The number of rotatable bonds is 6. The predicted octanol–water partition coefficient (Wildman–Crippen LogP) is 5.59. The summed E-state index contributed by atoms with van der Waals surface area (Å²) in [5, 5.41) is 7.72. The summed E-state index contributed by atoms with van der Waals surface area (Å²) in [7, 11) is 0. The number of likely N-dealkylation sites (tertiary alicyclic amines) is 1. The summed E-state index contributed by atoms with van der Waals surface area (Å²) < 4.78 is 1.16. The van der Waals surface area contributed by atoms with Crippen LogP contribution in [0.15, 0.2) is 48.1 Å². The molecule has 6 rings (SSSR count). The van der Waals surface area contributed by atoms with Gasteiger partial charge in [0.25, 0.3) is 0 Å². The number of pyridine rings is 1. The Balaban J connectivity index is 1.09. The predicted molar refractivity (Wildman–Crippen MR) is 151 cm³/mol. The number of benzene rings is 1. The molecular formula is C28H33N7OS. The van der Waals surface area contributed by atoms with E-state index in [2.05, 4.69) is 54.8 Å². The van der Waals surface area contributed by atoms with Gasteiger partial charge in [-0.3, -0.25) is 0 Å². The SMILES string of the molecule is O=C(NCCN1CCCCCC1)N1CC=C(c2cc3c(Nc4ccc5ncsc5c4)ccnc3[nH]2)CC1. The Morgan fingerprint density at radius 1 is 1.05 bits per heavy atom. The van der Waals surface area contributed by atoms with Gasteiger partial charge in [-0.1, -0.05) is 18.9 Å². The van der Waals surface area contributed by atoms with Gasteiger partial charge in [-0.25, -0.2) is 14.8 Å². The summed E-state index contributed by atoms with van der Waals surface area (Å²) in [6.07, 6.45) is 10.0. The van der Waals surface area contributed by atoms with Gasteiger partial charge >= 0.3 is 6.03 Å². The van der Waals surface area contributed by atoms with Crippen molar-refractivity contribution in [3.63, 3.8) is 0 Å². The molecule has 5 heterocycles. The topological polar surface area (TPSA) is 89.2 Å². The number of amides is 2. The van der Waals surface area contributed by atoms with Crippen LogP contribution in [0.5, 0.6) is 0 Å². The van der Waals surface area contributed by atoms with Gasteiger partial charge in [0.15, 0.2) is 0 Å². The molecule has 8 nitrogen and oxygen atoms in total. The third-order valence-corrected chi connectivity index (χ3v) is 8.18. The van der Waals surface area contributed by atoms with E-state index in [4.69, 9.17) is 0 Å². The zero-order chi connectivity index (χ0) is 25.0. The highest BCUT2D eigenvalue weighted by molar-refractivity contribution is 7.16. The summed E-state index contributed by atoms with van der Waals surface area (Å²) in [6.45, 7) is 5.30. The third kappa shape index (κ3) is 5.47. The van der Waals surface area contributed by atoms with E-state index < -0.39 is 0 Å². The molecule has 9 heteroatoms. The molecule has 2 amide bonds. The zero-order valence-corrected chi connectivity index (χ0v) is 21.8. The van der Waals surface area contributed by atoms with Gasteiger partial charge in [0.1, 0.15) is 5.65 Å². The second kappa shape index (κ2) is 10.9. The van der Waals surface area contributed by atoms with E-state index in [1.54, 1.807) is 11.3 Å². The van der Waals surface area contributed by atoms with E-state index >= 15 is 0 Å². The van der Waals surface area contributed by atoms with Crippen LogP contribution in [-0.2, 0) is 0 Å². The molecule has 192 valence electrons. The average Bonchev–Trinajstić information content (AvgIpc) is 3.50. The molecule has 0 atom stereocenters. The molecule has 2 aliphatic heterocycles. The number of thiazole rings is 1. The Morgan fingerprint density at radius 2 is 1.95 bits per heavy atom. The van der Waals surface area contributed by atoms with Crippen molar-refractivity contribution >= 4 is 55.6 Å². The standard InChI is InChI=1S/C28H33N7OS/c36-28(30-11-16-34-12-3-1-2-4-13-34)35-14-8-20(9-15-35)25-18-22-23(7-10-29-27(22)33-25)32-21-5-6-24-26(17-21)37-19-31-24/h5-8,10,17-19H,1-4,9,11-16H2,(H,30,36)(H2,29,32,33). The van der Waals surface area contributed by atoms with E-state index in [0.29, 0.717) is 19.6 Å². The number of hydrogen-bond acceptors (Lipinski definition) is 6. The van der Waals surface area contributed by atoms with Crippen LogP contribution in [-0.4, -0.2) is 70.1 Å². The Hall–Kier alpha value is -3.43. The quantitative estimate of drug-likeness (QED) is 0.311. The van der Waals surface area contributed by atoms with Crippen LogP contribution in [0, 0.1) is 0 Å². The molecule has 37 heavy (non-hydrogen) atoms. The maximum absolute atomic E-state index is 12.7. The molecule has 3 aromatic heterocycles. The summed E-state index contributed by atoms with van der Waals surface area (Å²) in [6, 6.07) is 10.4. The molecular weight excluding hydrogens is 482 g/mol. The highest BCUT2D eigenvalue weighted by atomic mass is 32.1. The van der Waals surface area contributed by atoms with Crippen LogP contribution in [0.4, 0.5) is 16.2 Å². The lowest BCUT2D eigenvalue weighted by molar-refractivity contribution is 0.200. The largest absolute Gasteiger partial charge is 0.355 e. The maximum atomic E-state index is 12.7. The number of carbonyl (C=O) groups excluding carboxylic acids is 1. The first-order chi connectivity index (χ1) is 18.2. The van der Waals surface area contributed by atoms with Gasteiger partial charge in [0, 0.05) is 49.1 Å². The van der Waals surface area contributed by atoms with Crippen LogP contribution in [0.1, 0.15) is 37.8 Å². The van der Waals surface area contributed by atoms with Crippen molar-refractivity contribution in [3.8, 4) is 0 Å². The summed E-state index contributed by atoms with van der Waals surface area (Å²) in [4.78, 5) is 29.5. The van der Waals surface area contributed by atoms with Crippen LogP contribution in [0.25, 0.3) is 26.8 Å². The van der Waals surface area contributed by atoms with Crippen LogP contribution in [0.2, 0.25) is 0 Å². The second-order valence-corrected chi connectivity index (χ2v) is 10.8. The molecule has 0 radical (unpaired) electrons. The van der Waals surface area contributed by atoms with Gasteiger partial charge in [-0.05, 0) is 68.3 Å². The third-order valence-electron chi connectivity index (χ3n) is 7.39. The van der Waals surface area contributed by atoms with E-state index in [1.165, 1.54) is 31.3 Å². The number of H-pyrrole nitrogens is 1. The minimum absolute atomic E-state index is 0.0350. The van der Waals surface area contributed by atoms with Crippen molar-refractivity contribution in [2.24, 2.45) is 0 Å². The second-order valence-electron chi connectivity index (χ2n) is 9.88. The highest BCUT2D eigenvalue weighted by Gasteiger charge is 2.20. The van der Waals surface area contributed by atoms with Gasteiger partial charge in [-0.2, -0.15) is 0 Å². The minimum atomic E-state index is 0.0350. The van der Waals surface area contributed by atoms with E-state index in [9.17, 15) is 4.79 Å². The molecule has 1 fully saturated rings. The zero-order valence-electron chi connectivity index (χ0n) is 21.0. The number of urea groups is 1. The van der Waals surface area contributed by atoms with Gasteiger partial charge in [0.05, 0.1) is 21.4 Å². The summed E-state index contributed by atoms with van der Waals surface area (Å²) >= 11 is 1.64. The number of aromatic nitrogens is 3. The number of hydrogen-bond donors (Lipinski definition) is 3. The lowest BCUT2D eigenvalue weighted by Crippen LogP contribution is -2.44. The van der Waals surface area contributed by atoms with Crippen molar-refractivity contribution in [1.29, 1.82) is 0 Å². The Labute approximate surface area is 220 Å². The molecule has 2 aliphatic rings. The van der Waals surface area contributed by atoms with Crippen LogP contribution >= 0.6 is 11.3 Å². The number of carbonyl (C=O) groups is 1. The van der Waals surface area contributed by atoms with Crippen LogP contribution < -0.4 is 10.6 Å². The first-order valence-corrected chi connectivity index (χ1v) is 14.1. The molecule has 0 saturated carbocycles. The molecule has 0 aliphatic carbocycles. The number of fused-ring (bicyclic) bond motifs is 2. The summed E-state index contributed by atoms with van der Waals surface area (Å²) in [5.74, 6) is 0. The van der Waals surface area contributed by atoms with Gasteiger partial charge < -0.3 is 25.4 Å². The van der Waals surface area contributed by atoms with E-state index in [-0.39, 0.29) is 6.03 Å². The molecule has 1 saturated heterocycles. The average molecular weight is 516 g/mol. The highest BCUT2D eigenvalue weighted by Crippen LogP contribution is 2.31. The Kier molecular flexibility index (Phi) is 7.05. The lowest BCUT2D eigenvalue weighted by atomic mass is 10.0. The van der Waals surface area contributed by atoms with Crippen molar-refractivity contribution in [3.05, 3.63) is 53.8 Å². The molecule has 3 N–H and O–H groups in total. The minimum Gasteiger partial charge on any atom is -0.355 e. The van der Waals surface area contributed by atoms with E-state index in [0.717, 1.165) is 64.4 Å². The Bertz CT molecular complexity index is 1420. The fourth-order valence-electron chi connectivity index (χ4n) is 5.29. The first kappa shape index (κ1) is 23.9.